The summed E-state index contributed by atoms with van der Waals surface area (Å²) in [5.74, 6) is 1.07. The summed E-state index contributed by atoms with van der Waals surface area (Å²) >= 11 is 0. The van der Waals surface area contributed by atoms with Gasteiger partial charge in [-0.05, 0) is 64.2 Å². The van der Waals surface area contributed by atoms with Crippen molar-refractivity contribution in [2.24, 2.45) is 0 Å². The first-order chi connectivity index (χ1) is 24.2. The number of aromatic nitrogens is 2. The van der Waals surface area contributed by atoms with Crippen LogP contribution < -0.4 is 25.3 Å². The fourth-order valence-electron chi connectivity index (χ4n) is 8.00. The Kier molecular flexibility index (Phi) is 9.94. The zero-order valence-corrected chi connectivity index (χ0v) is 29.6. The van der Waals surface area contributed by atoms with E-state index in [0.29, 0.717) is 71.0 Å². The number of rotatable bonds is 10. The molecule has 4 aliphatic rings. The molecule has 4 fully saturated rings. The van der Waals surface area contributed by atoms with E-state index in [2.05, 4.69) is 55.7 Å². The average molecular weight is 685 g/mol. The van der Waals surface area contributed by atoms with Gasteiger partial charge in [-0.15, -0.1) is 0 Å². The van der Waals surface area contributed by atoms with Crippen LogP contribution in [-0.2, 0) is 9.63 Å². The Balaban J connectivity index is 1.09. The highest BCUT2D eigenvalue weighted by molar-refractivity contribution is 6.02. The van der Waals surface area contributed by atoms with Gasteiger partial charge in [-0.3, -0.25) is 19.4 Å². The molecule has 2 aromatic carbocycles. The molecule has 0 unspecified atom stereocenters. The lowest BCUT2D eigenvalue weighted by Gasteiger charge is -2.49. The number of nitrogens with one attached hydrogen (secondary N) is 2. The van der Waals surface area contributed by atoms with E-state index < -0.39 is 0 Å². The number of piperazine rings is 1. The van der Waals surface area contributed by atoms with Crippen molar-refractivity contribution < 1.29 is 18.8 Å². The molecule has 3 aromatic rings. The van der Waals surface area contributed by atoms with Crippen molar-refractivity contribution in [2.45, 2.75) is 83.1 Å². The number of anilines is 5. The molecule has 1 aromatic heterocycles. The van der Waals surface area contributed by atoms with Crippen LogP contribution in [0.1, 0.15) is 63.1 Å². The lowest BCUT2D eigenvalue weighted by Crippen LogP contribution is -2.61. The molecule has 1 amide bonds. The summed E-state index contributed by atoms with van der Waals surface area (Å²) in [4.78, 5) is 35.3. The van der Waals surface area contributed by atoms with Gasteiger partial charge in [0.05, 0.1) is 36.8 Å². The minimum absolute atomic E-state index is 0.237. The molecule has 3 atom stereocenters. The van der Waals surface area contributed by atoms with Crippen molar-refractivity contribution in [1.82, 2.24) is 19.8 Å². The molecular weight excluding hydrogens is 635 g/mol. The third-order valence-electron chi connectivity index (χ3n) is 10.8. The molecule has 7 rings (SSSR count). The standard InChI is InChI=1S/C38H49FN8O3/c1-6-37(48)43-30-18-31(42-35-20-36(41-23-40-35)47-32(14-17-50-47)29-9-7-8-24(2)38(29)39)34(49-5)19-33(30)44-15-12-28(13-16-44)46-22-25(3)45(21-26(46)4)27-10-11-27/h6-9,18-20,23,25-28,32H,1,10-17,21-22H2,2-5H3,(H,43,48)(H,40,41,42)/t25-,26-,32-/m1/s1. The Morgan fingerprint density at radius 1 is 1.00 bits per heavy atom. The predicted molar refractivity (Wildman–Crippen MR) is 195 cm³/mol. The topological polar surface area (TPSA) is 98.3 Å². The maximum absolute atomic E-state index is 15.1. The third kappa shape index (κ3) is 7.01. The number of ether oxygens (including phenoxy) is 1. The summed E-state index contributed by atoms with van der Waals surface area (Å²) in [5, 5.41) is 8.04. The summed E-state index contributed by atoms with van der Waals surface area (Å²) in [6, 6.07) is 13.2. The fraction of sp³-hybridized carbons (Fsp3) is 0.500. The van der Waals surface area contributed by atoms with Crippen LogP contribution in [0.4, 0.5) is 33.1 Å². The van der Waals surface area contributed by atoms with Gasteiger partial charge in [-0.1, -0.05) is 24.8 Å². The number of hydrogen-bond donors (Lipinski definition) is 2. The number of piperidine rings is 1. The molecule has 2 N–H and O–H groups in total. The second-order valence-electron chi connectivity index (χ2n) is 14.1. The molecule has 4 heterocycles. The minimum Gasteiger partial charge on any atom is -0.494 e. The van der Waals surface area contributed by atoms with Crippen LogP contribution >= 0.6 is 0 Å². The van der Waals surface area contributed by atoms with E-state index in [4.69, 9.17) is 9.57 Å². The van der Waals surface area contributed by atoms with Gasteiger partial charge in [0.25, 0.3) is 0 Å². The molecule has 1 saturated carbocycles. The van der Waals surface area contributed by atoms with Gasteiger partial charge in [0.15, 0.2) is 5.82 Å². The van der Waals surface area contributed by atoms with E-state index >= 15 is 4.39 Å². The first-order valence-electron chi connectivity index (χ1n) is 17.9. The summed E-state index contributed by atoms with van der Waals surface area (Å²) in [5.41, 5.74) is 3.33. The Morgan fingerprint density at radius 3 is 2.40 bits per heavy atom. The van der Waals surface area contributed by atoms with Crippen LogP contribution in [0.15, 0.2) is 55.4 Å². The first kappa shape index (κ1) is 34.2. The van der Waals surface area contributed by atoms with E-state index in [1.165, 1.54) is 25.2 Å². The summed E-state index contributed by atoms with van der Waals surface area (Å²) in [6.07, 6.45) is 8.15. The van der Waals surface area contributed by atoms with E-state index in [0.717, 1.165) is 50.7 Å². The van der Waals surface area contributed by atoms with E-state index in [1.54, 1.807) is 37.3 Å². The Hall–Kier alpha value is -4.26. The van der Waals surface area contributed by atoms with Crippen LogP contribution in [0, 0.1) is 12.7 Å². The average Bonchev–Trinajstić information content (AvgIpc) is 3.86. The monoisotopic (exact) mass is 684 g/mol. The van der Waals surface area contributed by atoms with Crippen LogP contribution in [0.3, 0.4) is 0 Å². The van der Waals surface area contributed by atoms with Crippen LogP contribution in [0.25, 0.3) is 0 Å². The number of carbonyl (C=O) groups excluding carboxylic acids is 1. The molecule has 0 bridgehead atoms. The maximum Gasteiger partial charge on any atom is 0.247 e. The van der Waals surface area contributed by atoms with Crippen molar-refractivity contribution in [3.05, 3.63) is 72.3 Å². The molecule has 0 spiro atoms. The smallest absolute Gasteiger partial charge is 0.247 e. The van der Waals surface area contributed by atoms with Crippen molar-refractivity contribution in [1.29, 1.82) is 0 Å². The molecule has 3 saturated heterocycles. The molecule has 266 valence electrons. The van der Waals surface area contributed by atoms with E-state index in [-0.39, 0.29) is 17.8 Å². The Morgan fingerprint density at radius 2 is 1.72 bits per heavy atom. The number of hydroxylamine groups is 1. The molecule has 12 heteroatoms. The number of methoxy groups -OCH3 is 1. The maximum atomic E-state index is 15.1. The SMILES string of the molecule is C=CC(=O)Nc1cc(Nc2cc(N3OCC[C@@H]3c3cccc(C)c3F)ncn2)c(OC)cc1N1CCC(N2C[C@@H](C)N(C3CC3)C[C@H]2C)CC1. The first-order valence-corrected chi connectivity index (χ1v) is 17.9. The van der Waals surface area contributed by atoms with Crippen molar-refractivity contribution in [2.75, 3.05) is 60.5 Å². The Labute approximate surface area is 294 Å². The minimum atomic E-state index is -0.324. The normalized spacial score (nSPS) is 23.6. The molecular formula is C38H49FN8O3. The molecule has 50 heavy (non-hydrogen) atoms. The highest BCUT2D eigenvalue weighted by Gasteiger charge is 2.40. The van der Waals surface area contributed by atoms with Crippen LogP contribution in [-0.4, -0.2) is 89.7 Å². The van der Waals surface area contributed by atoms with Gasteiger partial charge in [0.1, 0.15) is 23.7 Å². The number of nitrogens with zero attached hydrogens (tertiary/aromatic N) is 6. The number of amides is 1. The molecule has 0 radical (unpaired) electrons. The predicted octanol–water partition coefficient (Wildman–Crippen LogP) is 6.21. The zero-order chi connectivity index (χ0) is 34.9. The third-order valence-corrected chi connectivity index (χ3v) is 10.8. The highest BCUT2D eigenvalue weighted by Crippen LogP contribution is 2.41. The second kappa shape index (κ2) is 14.5. The molecule has 3 aliphatic heterocycles. The van der Waals surface area contributed by atoms with Gasteiger partial charge in [0, 0.05) is 74.5 Å². The van der Waals surface area contributed by atoms with Gasteiger partial charge in [0.2, 0.25) is 5.91 Å². The Bertz CT molecular complexity index is 1710. The van der Waals surface area contributed by atoms with Crippen molar-refractivity contribution >= 4 is 34.6 Å². The van der Waals surface area contributed by atoms with E-state index in [9.17, 15) is 4.79 Å². The summed E-state index contributed by atoms with van der Waals surface area (Å²) in [7, 11) is 1.63. The number of hydrogen-bond acceptors (Lipinski definition) is 10. The number of aryl methyl sites for hydroxylation is 1. The van der Waals surface area contributed by atoms with E-state index in [1.807, 2.05) is 18.2 Å². The number of benzene rings is 2. The number of halogens is 1. The second-order valence-corrected chi connectivity index (χ2v) is 14.1. The van der Waals surface area contributed by atoms with Gasteiger partial charge >= 0.3 is 0 Å². The molecule has 11 nitrogen and oxygen atoms in total. The number of carbonyl (C=O) groups is 1. The zero-order valence-electron chi connectivity index (χ0n) is 29.6. The van der Waals surface area contributed by atoms with Crippen LogP contribution in [0.2, 0.25) is 0 Å². The lowest BCUT2D eigenvalue weighted by atomic mass is 9.97. The highest BCUT2D eigenvalue weighted by atomic mass is 19.1. The van der Waals surface area contributed by atoms with Crippen molar-refractivity contribution in [3.8, 4) is 5.75 Å². The molecule has 1 aliphatic carbocycles. The summed E-state index contributed by atoms with van der Waals surface area (Å²) in [6.45, 7) is 14.7. The van der Waals surface area contributed by atoms with Gasteiger partial charge in [-0.2, -0.15) is 0 Å². The fourth-order valence-corrected chi connectivity index (χ4v) is 8.00. The summed E-state index contributed by atoms with van der Waals surface area (Å²) < 4.78 is 21.0. The van der Waals surface area contributed by atoms with Crippen molar-refractivity contribution in [3.63, 3.8) is 0 Å². The van der Waals surface area contributed by atoms with Gasteiger partial charge < -0.3 is 20.3 Å². The largest absolute Gasteiger partial charge is 0.494 e. The van der Waals surface area contributed by atoms with Gasteiger partial charge in [-0.25, -0.2) is 19.4 Å². The van der Waals surface area contributed by atoms with Crippen LogP contribution in [0.5, 0.6) is 5.75 Å². The quantitative estimate of drug-likeness (QED) is 0.240. The lowest BCUT2D eigenvalue weighted by molar-refractivity contribution is -0.111.